The summed E-state index contributed by atoms with van der Waals surface area (Å²) in [6, 6.07) is 42.3. The normalized spacial score (nSPS) is 22.8. The third-order valence-electron chi connectivity index (χ3n) is 16.4. The van der Waals surface area contributed by atoms with Gasteiger partial charge in [0.1, 0.15) is 24.2 Å². The molecule has 4 saturated heterocycles. The maximum absolute atomic E-state index is 14.9. The molecule has 16 heteroatoms. The van der Waals surface area contributed by atoms with Crippen molar-refractivity contribution >= 4 is 35.4 Å². The third-order valence-corrected chi connectivity index (χ3v) is 16.4. The number of nitrogens with zero attached hydrogens (tertiary/aromatic N) is 4. The predicted molar refractivity (Wildman–Crippen MR) is 300 cm³/mol. The van der Waals surface area contributed by atoms with Crippen LogP contribution >= 0.6 is 0 Å². The summed E-state index contributed by atoms with van der Waals surface area (Å²) in [5.41, 5.74) is 5.85. The number of nitrogens with one attached hydrogen (secondary N) is 6. The van der Waals surface area contributed by atoms with Crippen molar-refractivity contribution in [2.45, 2.75) is 126 Å². The number of rotatable bonds is 18. The van der Waals surface area contributed by atoms with Crippen LogP contribution in [0.3, 0.4) is 0 Å². The lowest BCUT2D eigenvalue weighted by atomic mass is 9.98. The molecule has 6 amide bonds. The van der Waals surface area contributed by atoms with Crippen molar-refractivity contribution in [1.29, 1.82) is 0 Å². The minimum Gasteiger partial charge on any atom is -0.343 e. The van der Waals surface area contributed by atoms with E-state index in [-0.39, 0.29) is 60.6 Å². The second kappa shape index (κ2) is 25.9. The quantitative estimate of drug-likeness (QED) is 0.0712. The molecule has 4 heterocycles. The number of likely N-dealkylation sites (N-methyl/N-ethyl adjacent to an activating group) is 2. The molecule has 5 aromatic carbocycles. The molecule has 6 N–H and O–H groups in total. The van der Waals surface area contributed by atoms with Gasteiger partial charge in [-0.25, -0.2) is 0 Å². The van der Waals surface area contributed by atoms with Crippen LogP contribution < -0.4 is 31.9 Å². The van der Waals surface area contributed by atoms with E-state index in [9.17, 15) is 28.8 Å². The fourth-order valence-corrected chi connectivity index (χ4v) is 11.8. The molecule has 4 aliphatic heterocycles. The van der Waals surface area contributed by atoms with Crippen molar-refractivity contribution < 1.29 is 28.8 Å². The molecule has 4 fully saturated rings. The van der Waals surface area contributed by atoms with Gasteiger partial charge in [-0.2, -0.15) is 0 Å². The third kappa shape index (κ3) is 13.2. The Morgan fingerprint density at radius 2 is 0.782 bits per heavy atom. The molecule has 0 aliphatic carbocycles. The molecule has 0 saturated carbocycles. The monoisotopic (exact) mass is 1060 g/mol. The summed E-state index contributed by atoms with van der Waals surface area (Å²) in [5, 5.41) is 18.7. The summed E-state index contributed by atoms with van der Waals surface area (Å²) >= 11 is 0. The Kier molecular flexibility index (Phi) is 18.5. The van der Waals surface area contributed by atoms with Gasteiger partial charge in [0.2, 0.25) is 35.4 Å². The van der Waals surface area contributed by atoms with Crippen LogP contribution in [0.1, 0.15) is 97.8 Å². The zero-order valence-corrected chi connectivity index (χ0v) is 45.4. The summed E-state index contributed by atoms with van der Waals surface area (Å²) < 4.78 is 0. The van der Waals surface area contributed by atoms with Gasteiger partial charge in [0, 0.05) is 51.4 Å². The Balaban J connectivity index is 0.875. The first-order chi connectivity index (χ1) is 37.9. The smallest absolute Gasteiger partial charge is 0.247 e. The largest absolute Gasteiger partial charge is 0.343 e. The summed E-state index contributed by atoms with van der Waals surface area (Å²) in [6.45, 7) is 6.41. The van der Waals surface area contributed by atoms with E-state index < -0.39 is 48.3 Å². The minimum absolute atomic E-state index is 0.183. The molecule has 2 unspecified atom stereocenters. The number of carbonyl (C=O) groups is 6. The Morgan fingerprint density at radius 1 is 0.462 bits per heavy atom. The zero-order chi connectivity index (χ0) is 54.7. The molecule has 410 valence electrons. The number of carbonyl (C=O) groups excluding carboxylic acids is 6. The van der Waals surface area contributed by atoms with Gasteiger partial charge in [0.25, 0.3) is 0 Å². The molecule has 5 aromatic rings. The maximum atomic E-state index is 14.9. The van der Waals surface area contributed by atoms with E-state index in [0.717, 1.165) is 33.4 Å². The molecule has 0 bridgehead atoms. The summed E-state index contributed by atoms with van der Waals surface area (Å²) in [5.74, 6) is -1.54. The fraction of sp³-hybridized carbons (Fsp3) is 0.419. The number of hydrogen-bond acceptors (Lipinski definition) is 10. The van der Waals surface area contributed by atoms with Crippen molar-refractivity contribution in [3.8, 4) is 0 Å². The fourth-order valence-electron chi connectivity index (χ4n) is 11.8. The predicted octanol–water partition coefficient (Wildman–Crippen LogP) is 4.81. The summed E-state index contributed by atoms with van der Waals surface area (Å²) in [6.07, 6.45) is 3.71. The van der Waals surface area contributed by atoms with Crippen molar-refractivity contribution in [1.82, 2.24) is 51.5 Å². The van der Waals surface area contributed by atoms with Crippen molar-refractivity contribution in [3.63, 3.8) is 0 Å². The lowest BCUT2D eigenvalue weighted by Gasteiger charge is -2.39. The molecule has 8 atom stereocenters. The van der Waals surface area contributed by atoms with E-state index in [4.69, 9.17) is 0 Å². The van der Waals surface area contributed by atoms with E-state index in [0.29, 0.717) is 64.7 Å². The van der Waals surface area contributed by atoms with Gasteiger partial charge in [-0.05, 0) is 99.8 Å². The van der Waals surface area contributed by atoms with Crippen LogP contribution in [0.5, 0.6) is 0 Å². The van der Waals surface area contributed by atoms with E-state index >= 15 is 0 Å². The van der Waals surface area contributed by atoms with E-state index in [1.807, 2.05) is 121 Å². The highest BCUT2D eigenvalue weighted by Gasteiger charge is 2.47. The van der Waals surface area contributed by atoms with Gasteiger partial charge in [-0.3, -0.25) is 38.6 Å². The van der Waals surface area contributed by atoms with Crippen molar-refractivity contribution in [2.24, 2.45) is 0 Å². The Morgan fingerprint density at radius 3 is 1.09 bits per heavy atom. The first kappa shape index (κ1) is 55.5. The highest BCUT2D eigenvalue weighted by Crippen LogP contribution is 2.34. The Bertz CT molecular complexity index is 2560. The molecule has 78 heavy (non-hydrogen) atoms. The highest BCUT2D eigenvalue weighted by atomic mass is 16.2. The number of fused-ring (bicyclic) bond motifs is 2. The SMILES string of the molecule is CN[C@@H](C)C(=O)N[C@H]1CN(Cc2ccc(CN3CCC4CC[C@@H](C(=O)NC(c5ccccc5)c5ccccc5)N4C(=O)[C@@H](NC(=O)[C@H](C)NC)C3)cc2)CCC2CC[C@@H](C(=O)NC(c3ccccc3)c3ccccc3)N2C1=O. The Hall–Kier alpha value is -7.24. The van der Waals surface area contributed by atoms with E-state index in [1.54, 1.807) is 37.7 Å². The highest BCUT2D eigenvalue weighted by molar-refractivity contribution is 5.95. The lowest BCUT2D eigenvalue weighted by molar-refractivity contribution is -0.145. The standard InChI is InChI=1S/C62H76N10O6/c1-41(63-3)57(73)65-51-39-69(35-33-49-29-31-53(71(49)61(51)77)59(75)67-55(45-17-9-5-10-18-45)46-19-11-6-12-20-46)37-43-25-27-44(28-26-43)38-70-36-34-50-30-32-54(72(50)62(78)52(40-70)66-58(74)42(2)64-4)60(76)68-56(47-21-13-7-14-22-47)48-23-15-8-16-24-48/h5-28,41-42,49-56,63-64H,29-40H2,1-4H3,(H,65,73)(H,66,74)(H,67,75)(H,68,76)/t41-,42-,49?,50?,51-,52-,53-,54-/m0/s1. The molecular weight excluding hydrogens is 981 g/mol. The van der Waals surface area contributed by atoms with Crippen molar-refractivity contribution in [2.75, 3.05) is 40.3 Å². The average molecular weight is 1060 g/mol. The minimum atomic E-state index is -0.886. The average Bonchev–Trinajstić information content (AvgIpc) is 4.11. The van der Waals surface area contributed by atoms with Crippen LogP contribution in [0.25, 0.3) is 0 Å². The van der Waals surface area contributed by atoms with Crippen LogP contribution in [0.4, 0.5) is 0 Å². The zero-order valence-electron chi connectivity index (χ0n) is 45.4. The van der Waals surface area contributed by atoms with E-state index in [2.05, 4.69) is 66.0 Å². The van der Waals surface area contributed by atoms with Crippen LogP contribution in [0, 0.1) is 0 Å². The first-order valence-corrected chi connectivity index (χ1v) is 27.8. The van der Waals surface area contributed by atoms with Crippen LogP contribution in [0.2, 0.25) is 0 Å². The summed E-state index contributed by atoms with van der Waals surface area (Å²) in [4.78, 5) is 93.5. The maximum Gasteiger partial charge on any atom is 0.247 e. The van der Waals surface area contributed by atoms with Gasteiger partial charge in [0.05, 0.1) is 24.2 Å². The second-order valence-electron chi connectivity index (χ2n) is 21.5. The summed E-state index contributed by atoms with van der Waals surface area (Å²) in [7, 11) is 3.41. The van der Waals surface area contributed by atoms with Crippen LogP contribution in [-0.2, 0) is 41.9 Å². The number of hydrogen-bond donors (Lipinski definition) is 6. The number of benzene rings is 5. The van der Waals surface area contributed by atoms with Gasteiger partial charge in [-0.15, -0.1) is 0 Å². The van der Waals surface area contributed by atoms with Gasteiger partial charge >= 0.3 is 0 Å². The molecule has 0 spiro atoms. The molecule has 0 radical (unpaired) electrons. The molecule has 16 nitrogen and oxygen atoms in total. The van der Waals surface area contributed by atoms with Gasteiger partial charge in [-0.1, -0.05) is 146 Å². The molecular formula is C62H76N10O6. The Labute approximate surface area is 459 Å². The molecule has 4 aliphatic rings. The first-order valence-electron chi connectivity index (χ1n) is 27.8. The topological polar surface area (TPSA) is 188 Å². The van der Waals surface area contributed by atoms with Crippen LogP contribution in [-0.4, -0.2) is 144 Å². The lowest BCUT2D eigenvalue weighted by Crippen LogP contribution is -2.61. The van der Waals surface area contributed by atoms with E-state index in [1.165, 1.54) is 0 Å². The van der Waals surface area contributed by atoms with Gasteiger partial charge in [0.15, 0.2) is 0 Å². The number of amides is 6. The molecule has 9 rings (SSSR count). The molecule has 0 aromatic heterocycles. The van der Waals surface area contributed by atoms with Crippen molar-refractivity contribution in [3.05, 3.63) is 179 Å². The second-order valence-corrected chi connectivity index (χ2v) is 21.5. The van der Waals surface area contributed by atoms with Crippen LogP contribution in [0.15, 0.2) is 146 Å². The van der Waals surface area contributed by atoms with Gasteiger partial charge < -0.3 is 41.7 Å².